The van der Waals surface area contributed by atoms with E-state index in [2.05, 4.69) is 14.7 Å². The number of rotatable bonds is 3. The van der Waals surface area contributed by atoms with Crippen LogP contribution in [0.1, 0.15) is 5.56 Å². The van der Waals surface area contributed by atoms with Gasteiger partial charge in [-0.1, -0.05) is 0 Å². The standard InChI is InChI=1S/C15H13N3O5S/c1-8-4-11-12(17-15(19)16-11)6-10(8)18-24(20,21)9-2-3-13-14(5-9)23-7-22-13/h2-6,18H,7H2,1H3,(H2,16,17,19). The quantitative estimate of drug-likeness (QED) is 0.667. The molecule has 0 aliphatic carbocycles. The summed E-state index contributed by atoms with van der Waals surface area (Å²) in [6.45, 7) is 1.82. The second-order valence-corrected chi connectivity index (χ2v) is 7.09. The molecule has 0 spiro atoms. The van der Waals surface area contributed by atoms with Gasteiger partial charge in [-0.05, 0) is 36.8 Å². The Balaban J connectivity index is 1.73. The van der Waals surface area contributed by atoms with Gasteiger partial charge in [0.2, 0.25) is 6.79 Å². The molecular weight excluding hydrogens is 334 g/mol. The molecule has 24 heavy (non-hydrogen) atoms. The second kappa shape index (κ2) is 5.03. The first kappa shape index (κ1) is 14.6. The van der Waals surface area contributed by atoms with E-state index in [0.717, 1.165) is 0 Å². The fourth-order valence-electron chi connectivity index (χ4n) is 2.55. The molecule has 4 rings (SSSR count). The molecule has 0 radical (unpaired) electrons. The zero-order valence-electron chi connectivity index (χ0n) is 12.5. The molecule has 124 valence electrons. The van der Waals surface area contributed by atoms with E-state index in [4.69, 9.17) is 9.47 Å². The summed E-state index contributed by atoms with van der Waals surface area (Å²) < 4.78 is 38.1. The van der Waals surface area contributed by atoms with Gasteiger partial charge in [-0.15, -0.1) is 0 Å². The Morgan fingerprint density at radius 2 is 1.75 bits per heavy atom. The predicted molar refractivity (Wildman–Crippen MR) is 87.0 cm³/mol. The monoisotopic (exact) mass is 347 g/mol. The molecule has 2 heterocycles. The van der Waals surface area contributed by atoms with Gasteiger partial charge < -0.3 is 19.4 Å². The first-order valence-corrected chi connectivity index (χ1v) is 8.56. The molecule has 0 amide bonds. The number of aromatic nitrogens is 2. The van der Waals surface area contributed by atoms with Gasteiger partial charge in [0.1, 0.15) is 0 Å². The number of aromatic amines is 2. The number of hydrogen-bond acceptors (Lipinski definition) is 5. The molecule has 0 atom stereocenters. The Hall–Kier alpha value is -2.94. The van der Waals surface area contributed by atoms with Crippen molar-refractivity contribution in [3.63, 3.8) is 0 Å². The SMILES string of the molecule is Cc1cc2[nH]c(=O)[nH]c2cc1NS(=O)(=O)c1ccc2c(c1)OCO2. The summed E-state index contributed by atoms with van der Waals surface area (Å²) in [6.07, 6.45) is 0. The minimum absolute atomic E-state index is 0.0637. The van der Waals surface area contributed by atoms with Crippen molar-refractivity contribution < 1.29 is 17.9 Å². The van der Waals surface area contributed by atoms with Gasteiger partial charge in [-0.25, -0.2) is 13.2 Å². The molecule has 0 fully saturated rings. The van der Waals surface area contributed by atoms with Gasteiger partial charge in [0.25, 0.3) is 10.0 Å². The molecule has 0 unspecified atom stereocenters. The molecule has 9 heteroatoms. The van der Waals surface area contributed by atoms with Gasteiger partial charge in [0, 0.05) is 6.07 Å². The van der Waals surface area contributed by atoms with E-state index in [-0.39, 0.29) is 17.4 Å². The van der Waals surface area contributed by atoms with E-state index in [9.17, 15) is 13.2 Å². The van der Waals surface area contributed by atoms with Crippen LogP contribution in [0.3, 0.4) is 0 Å². The van der Waals surface area contributed by atoms with Gasteiger partial charge >= 0.3 is 5.69 Å². The summed E-state index contributed by atoms with van der Waals surface area (Å²) in [6, 6.07) is 7.69. The van der Waals surface area contributed by atoms with Crippen LogP contribution in [0, 0.1) is 6.92 Å². The maximum Gasteiger partial charge on any atom is 0.323 e. The first-order valence-electron chi connectivity index (χ1n) is 7.07. The van der Waals surface area contributed by atoms with Crippen molar-refractivity contribution in [1.82, 2.24) is 9.97 Å². The molecule has 1 aliphatic heterocycles. The highest BCUT2D eigenvalue weighted by atomic mass is 32.2. The predicted octanol–water partition coefficient (Wildman–Crippen LogP) is 1.69. The van der Waals surface area contributed by atoms with Crippen molar-refractivity contribution in [2.45, 2.75) is 11.8 Å². The van der Waals surface area contributed by atoms with Crippen LogP contribution < -0.4 is 19.9 Å². The summed E-state index contributed by atoms with van der Waals surface area (Å²) in [7, 11) is -3.81. The average molecular weight is 347 g/mol. The molecule has 1 aromatic heterocycles. The van der Waals surface area contributed by atoms with Crippen molar-refractivity contribution in [2.75, 3.05) is 11.5 Å². The lowest BCUT2D eigenvalue weighted by atomic mass is 10.2. The van der Waals surface area contributed by atoms with Gasteiger partial charge in [-0.2, -0.15) is 0 Å². The lowest BCUT2D eigenvalue weighted by Crippen LogP contribution is -2.13. The third-order valence-corrected chi connectivity index (χ3v) is 5.12. The van der Waals surface area contributed by atoms with Gasteiger partial charge in [0.15, 0.2) is 11.5 Å². The largest absolute Gasteiger partial charge is 0.454 e. The molecule has 3 aromatic rings. The smallest absolute Gasteiger partial charge is 0.323 e. The van der Waals surface area contributed by atoms with Crippen LogP contribution in [0.25, 0.3) is 11.0 Å². The number of H-pyrrole nitrogens is 2. The summed E-state index contributed by atoms with van der Waals surface area (Å²) in [5, 5.41) is 0. The number of anilines is 1. The number of benzene rings is 2. The van der Waals surface area contributed by atoms with Crippen LogP contribution in [0.2, 0.25) is 0 Å². The maximum atomic E-state index is 12.6. The molecule has 0 bridgehead atoms. The van der Waals surface area contributed by atoms with Crippen LogP contribution in [0.4, 0.5) is 5.69 Å². The summed E-state index contributed by atoms with van der Waals surface area (Å²) in [5.74, 6) is 0.900. The number of nitrogens with one attached hydrogen (secondary N) is 3. The van der Waals surface area contributed by atoms with E-state index in [0.29, 0.717) is 33.8 Å². The third kappa shape index (κ3) is 2.38. The normalized spacial score (nSPS) is 13.4. The number of sulfonamides is 1. The van der Waals surface area contributed by atoms with E-state index in [1.54, 1.807) is 25.1 Å². The van der Waals surface area contributed by atoms with E-state index >= 15 is 0 Å². The molecule has 8 nitrogen and oxygen atoms in total. The molecular formula is C15H13N3O5S. The highest BCUT2D eigenvalue weighted by molar-refractivity contribution is 7.92. The minimum atomic E-state index is -3.81. The van der Waals surface area contributed by atoms with Gasteiger partial charge in [0.05, 0.1) is 21.6 Å². The Bertz CT molecular complexity index is 1110. The average Bonchev–Trinajstić information content (AvgIpc) is 3.11. The Morgan fingerprint density at radius 3 is 2.54 bits per heavy atom. The Kier molecular flexibility index (Phi) is 3.07. The van der Waals surface area contributed by atoms with E-state index in [1.165, 1.54) is 12.1 Å². The van der Waals surface area contributed by atoms with Crippen LogP contribution in [0.5, 0.6) is 11.5 Å². The van der Waals surface area contributed by atoms with Crippen molar-refractivity contribution in [3.8, 4) is 11.5 Å². The Morgan fingerprint density at radius 1 is 1.04 bits per heavy atom. The van der Waals surface area contributed by atoms with Crippen LogP contribution >= 0.6 is 0 Å². The Labute approximate surface area is 136 Å². The number of hydrogen-bond donors (Lipinski definition) is 3. The molecule has 1 aliphatic rings. The van der Waals surface area contributed by atoms with Crippen molar-refractivity contribution in [3.05, 3.63) is 46.4 Å². The third-order valence-electron chi connectivity index (χ3n) is 3.76. The zero-order valence-corrected chi connectivity index (χ0v) is 13.4. The van der Waals surface area contributed by atoms with Gasteiger partial charge in [-0.3, -0.25) is 4.72 Å². The number of imidazole rings is 1. The summed E-state index contributed by atoms with van der Waals surface area (Å²) in [5.41, 5.74) is 1.86. The van der Waals surface area contributed by atoms with E-state index in [1.807, 2.05) is 0 Å². The van der Waals surface area contributed by atoms with Crippen molar-refractivity contribution in [2.24, 2.45) is 0 Å². The topological polar surface area (TPSA) is 113 Å². The molecule has 0 saturated heterocycles. The zero-order chi connectivity index (χ0) is 16.9. The lowest BCUT2D eigenvalue weighted by Gasteiger charge is -2.11. The highest BCUT2D eigenvalue weighted by Gasteiger charge is 2.21. The fraction of sp³-hybridized carbons (Fsp3) is 0.133. The maximum absolute atomic E-state index is 12.6. The summed E-state index contributed by atoms with van der Waals surface area (Å²) >= 11 is 0. The first-order chi connectivity index (χ1) is 11.4. The minimum Gasteiger partial charge on any atom is -0.454 e. The lowest BCUT2D eigenvalue weighted by molar-refractivity contribution is 0.174. The molecule has 2 aromatic carbocycles. The summed E-state index contributed by atoms with van der Waals surface area (Å²) in [4.78, 5) is 16.6. The highest BCUT2D eigenvalue weighted by Crippen LogP contribution is 2.34. The second-order valence-electron chi connectivity index (χ2n) is 5.41. The van der Waals surface area contributed by atoms with Crippen LogP contribution in [-0.2, 0) is 10.0 Å². The van der Waals surface area contributed by atoms with Crippen molar-refractivity contribution in [1.29, 1.82) is 0 Å². The molecule has 3 N–H and O–H groups in total. The van der Waals surface area contributed by atoms with Crippen LogP contribution in [0.15, 0.2) is 40.0 Å². The number of aryl methyl sites for hydroxylation is 1. The van der Waals surface area contributed by atoms with E-state index < -0.39 is 10.0 Å². The fourth-order valence-corrected chi connectivity index (χ4v) is 3.68. The van der Waals surface area contributed by atoms with Crippen molar-refractivity contribution >= 4 is 26.7 Å². The molecule has 0 saturated carbocycles. The van der Waals surface area contributed by atoms with Crippen LogP contribution in [-0.4, -0.2) is 25.2 Å². The number of fused-ring (bicyclic) bond motifs is 2. The number of ether oxygens (including phenoxy) is 2.